The van der Waals surface area contributed by atoms with Gasteiger partial charge in [-0.2, -0.15) is 4.31 Å². The number of rotatable bonds is 5. The number of nitrogens with zero attached hydrogens (tertiary/aromatic N) is 1. The summed E-state index contributed by atoms with van der Waals surface area (Å²) in [5.41, 5.74) is 1.03. The van der Waals surface area contributed by atoms with E-state index >= 15 is 0 Å². The van der Waals surface area contributed by atoms with Crippen LogP contribution in [0.3, 0.4) is 0 Å². The standard InChI is InChI=1S/C20H22FNO4S/c1-14(2)15-5-3-6-17(13-15)26-20(23)19-7-4-12-22(19)27(24,25)18-10-8-16(21)9-11-18/h3,5-6,8-11,13-14,19H,4,7,12H2,1-2H3/t19-/m0/s1. The molecular formula is C20H22FNO4S. The number of hydrogen-bond acceptors (Lipinski definition) is 4. The molecule has 3 rings (SSSR count). The van der Waals surface area contributed by atoms with Crippen LogP contribution in [0.5, 0.6) is 5.75 Å². The van der Waals surface area contributed by atoms with E-state index in [1.54, 1.807) is 18.2 Å². The predicted molar refractivity (Wildman–Crippen MR) is 99.5 cm³/mol. The van der Waals surface area contributed by atoms with E-state index in [-0.39, 0.29) is 17.4 Å². The van der Waals surface area contributed by atoms with Gasteiger partial charge in [0.25, 0.3) is 0 Å². The van der Waals surface area contributed by atoms with Gasteiger partial charge in [-0.05, 0) is 60.7 Å². The van der Waals surface area contributed by atoms with Gasteiger partial charge in [0.1, 0.15) is 17.6 Å². The minimum absolute atomic E-state index is 0.0367. The van der Waals surface area contributed by atoms with E-state index in [4.69, 9.17) is 4.74 Å². The fourth-order valence-corrected chi connectivity index (χ4v) is 4.77. The third kappa shape index (κ3) is 4.20. The molecule has 5 nitrogen and oxygen atoms in total. The Morgan fingerprint density at radius 3 is 2.56 bits per heavy atom. The number of benzene rings is 2. The van der Waals surface area contributed by atoms with Gasteiger partial charge in [0.05, 0.1) is 4.90 Å². The number of sulfonamides is 1. The summed E-state index contributed by atoms with van der Waals surface area (Å²) in [6.07, 6.45) is 0.954. The summed E-state index contributed by atoms with van der Waals surface area (Å²) in [7, 11) is -3.90. The molecule has 1 atom stereocenters. The van der Waals surface area contributed by atoms with Crippen LogP contribution >= 0.6 is 0 Å². The van der Waals surface area contributed by atoms with E-state index < -0.39 is 27.9 Å². The molecule has 1 aliphatic heterocycles. The van der Waals surface area contributed by atoms with E-state index in [0.717, 1.165) is 22.0 Å². The lowest BCUT2D eigenvalue weighted by atomic mass is 10.0. The highest BCUT2D eigenvalue weighted by molar-refractivity contribution is 7.89. The van der Waals surface area contributed by atoms with Crippen molar-refractivity contribution in [1.82, 2.24) is 4.31 Å². The van der Waals surface area contributed by atoms with Crippen molar-refractivity contribution in [3.8, 4) is 5.75 Å². The predicted octanol–water partition coefficient (Wildman–Crippen LogP) is 3.71. The lowest BCUT2D eigenvalue weighted by Gasteiger charge is -2.22. The van der Waals surface area contributed by atoms with E-state index in [1.165, 1.54) is 12.1 Å². The van der Waals surface area contributed by atoms with Crippen molar-refractivity contribution < 1.29 is 22.3 Å². The van der Waals surface area contributed by atoms with Crippen molar-refractivity contribution in [3.63, 3.8) is 0 Å². The van der Waals surface area contributed by atoms with Gasteiger partial charge in [0, 0.05) is 6.54 Å². The van der Waals surface area contributed by atoms with Crippen LogP contribution in [0.2, 0.25) is 0 Å². The Morgan fingerprint density at radius 2 is 1.89 bits per heavy atom. The highest BCUT2D eigenvalue weighted by Crippen LogP contribution is 2.28. The first-order valence-corrected chi connectivity index (χ1v) is 10.3. The van der Waals surface area contributed by atoms with Crippen LogP contribution in [-0.4, -0.2) is 31.3 Å². The van der Waals surface area contributed by atoms with Crippen molar-refractivity contribution >= 4 is 16.0 Å². The van der Waals surface area contributed by atoms with Crippen LogP contribution in [0.25, 0.3) is 0 Å². The Kier molecular flexibility index (Phi) is 5.62. The van der Waals surface area contributed by atoms with Gasteiger partial charge in [0.2, 0.25) is 10.0 Å². The molecule has 2 aromatic rings. The second-order valence-electron chi connectivity index (χ2n) is 6.88. The number of carbonyl (C=O) groups excluding carboxylic acids is 1. The van der Waals surface area contributed by atoms with Crippen LogP contribution in [0, 0.1) is 5.82 Å². The van der Waals surface area contributed by atoms with Crippen LogP contribution in [0.15, 0.2) is 53.4 Å². The van der Waals surface area contributed by atoms with Gasteiger partial charge in [0.15, 0.2) is 0 Å². The SMILES string of the molecule is CC(C)c1cccc(OC(=O)[C@@H]2CCCN2S(=O)(=O)c2ccc(F)cc2)c1. The molecule has 0 spiro atoms. The molecule has 0 amide bonds. The first-order chi connectivity index (χ1) is 12.8. The third-order valence-electron chi connectivity index (χ3n) is 4.64. The average molecular weight is 391 g/mol. The van der Waals surface area contributed by atoms with Gasteiger partial charge in [-0.15, -0.1) is 0 Å². The van der Waals surface area contributed by atoms with Gasteiger partial charge in [-0.25, -0.2) is 17.6 Å². The number of esters is 1. The van der Waals surface area contributed by atoms with E-state index in [9.17, 15) is 17.6 Å². The quantitative estimate of drug-likeness (QED) is 0.576. The molecule has 144 valence electrons. The van der Waals surface area contributed by atoms with E-state index in [2.05, 4.69) is 0 Å². The molecule has 2 aromatic carbocycles. The first kappa shape index (κ1) is 19.5. The number of halogens is 1. The summed E-state index contributed by atoms with van der Waals surface area (Å²) < 4.78 is 45.4. The fraction of sp³-hybridized carbons (Fsp3) is 0.350. The highest BCUT2D eigenvalue weighted by atomic mass is 32.2. The highest BCUT2D eigenvalue weighted by Gasteiger charge is 2.40. The summed E-state index contributed by atoms with van der Waals surface area (Å²) in [5, 5.41) is 0. The monoisotopic (exact) mass is 391 g/mol. The molecule has 7 heteroatoms. The zero-order chi connectivity index (χ0) is 19.6. The molecule has 0 unspecified atom stereocenters. The lowest BCUT2D eigenvalue weighted by molar-refractivity contribution is -0.137. The molecule has 0 aliphatic carbocycles. The molecule has 0 aromatic heterocycles. The minimum atomic E-state index is -3.90. The molecule has 0 bridgehead atoms. The zero-order valence-corrected chi connectivity index (χ0v) is 16.1. The Balaban J connectivity index is 1.80. The summed E-state index contributed by atoms with van der Waals surface area (Å²) >= 11 is 0. The molecule has 0 N–H and O–H groups in total. The maximum Gasteiger partial charge on any atom is 0.329 e. The molecule has 27 heavy (non-hydrogen) atoms. The largest absolute Gasteiger partial charge is 0.425 e. The summed E-state index contributed by atoms with van der Waals surface area (Å²) in [6.45, 7) is 4.30. The second-order valence-corrected chi connectivity index (χ2v) is 8.77. The Labute approximate surface area is 158 Å². The second kappa shape index (κ2) is 7.78. The molecule has 0 radical (unpaired) electrons. The number of hydrogen-bond donors (Lipinski definition) is 0. The molecule has 1 saturated heterocycles. The van der Waals surface area contributed by atoms with Crippen LogP contribution in [-0.2, 0) is 14.8 Å². The van der Waals surface area contributed by atoms with Crippen LogP contribution < -0.4 is 4.74 Å². The fourth-order valence-electron chi connectivity index (χ4n) is 3.13. The van der Waals surface area contributed by atoms with Crippen LogP contribution in [0.1, 0.15) is 38.2 Å². The van der Waals surface area contributed by atoms with Crippen molar-refractivity contribution in [2.75, 3.05) is 6.54 Å². The van der Waals surface area contributed by atoms with Crippen molar-refractivity contribution in [1.29, 1.82) is 0 Å². The average Bonchev–Trinajstić information content (AvgIpc) is 3.13. The maximum absolute atomic E-state index is 13.1. The van der Waals surface area contributed by atoms with E-state index in [0.29, 0.717) is 18.6 Å². The van der Waals surface area contributed by atoms with E-state index in [1.807, 2.05) is 19.9 Å². The number of ether oxygens (including phenoxy) is 1. The van der Waals surface area contributed by atoms with Gasteiger partial charge in [-0.3, -0.25) is 0 Å². The van der Waals surface area contributed by atoms with Gasteiger partial charge >= 0.3 is 5.97 Å². The molecule has 0 saturated carbocycles. The summed E-state index contributed by atoms with van der Waals surface area (Å²) in [6, 6.07) is 10.9. The molecular weight excluding hydrogens is 369 g/mol. The van der Waals surface area contributed by atoms with Gasteiger partial charge in [-0.1, -0.05) is 26.0 Å². The van der Waals surface area contributed by atoms with Crippen molar-refractivity contribution in [3.05, 3.63) is 59.9 Å². The smallest absolute Gasteiger partial charge is 0.329 e. The minimum Gasteiger partial charge on any atom is -0.425 e. The lowest BCUT2D eigenvalue weighted by Crippen LogP contribution is -2.42. The molecule has 1 aliphatic rings. The van der Waals surface area contributed by atoms with Gasteiger partial charge < -0.3 is 4.74 Å². The van der Waals surface area contributed by atoms with Crippen molar-refractivity contribution in [2.45, 2.75) is 43.5 Å². The Morgan fingerprint density at radius 1 is 1.19 bits per heavy atom. The third-order valence-corrected chi connectivity index (χ3v) is 6.56. The topological polar surface area (TPSA) is 63.7 Å². The Hall–Kier alpha value is -2.25. The maximum atomic E-state index is 13.1. The summed E-state index contributed by atoms with van der Waals surface area (Å²) in [5.74, 6) is -0.432. The number of carbonyl (C=O) groups is 1. The Bertz CT molecular complexity index is 925. The summed E-state index contributed by atoms with van der Waals surface area (Å²) in [4.78, 5) is 12.6. The molecule has 1 heterocycles. The van der Waals surface area contributed by atoms with Crippen LogP contribution in [0.4, 0.5) is 4.39 Å². The molecule has 1 fully saturated rings. The first-order valence-electron chi connectivity index (χ1n) is 8.88. The zero-order valence-electron chi connectivity index (χ0n) is 15.3. The normalized spacial score (nSPS) is 18.0. The van der Waals surface area contributed by atoms with Crippen molar-refractivity contribution in [2.24, 2.45) is 0 Å².